The summed E-state index contributed by atoms with van der Waals surface area (Å²) < 4.78 is 1.97. The molecule has 0 N–H and O–H groups in total. The van der Waals surface area contributed by atoms with Crippen molar-refractivity contribution in [2.24, 2.45) is 0 Å². The van der Waals surface area contributed by atoms with Crippen molar-refractivity contribution in [2.75, 3.05) is 13.1 Å². The number of rotatable bonds is 6. The van der Waals surface area contributed by atoms with Crippen molar-refractivity contribution in [3.05, 3.63) is 52.6 Å². The van der Waals surface area contributed by atoms with Gasteiger partial charge in [-0.25, -0.2) is 19.5 Å². The maximum atomic E-state index is 4.94. The summed E-state index contributed by atoms with van der Waals surface area (Å²) in [6.07, 6.45) is 3.89. The van der Waals surface area contributed by atoms with Crippen LogP contribution in [0.25, 0.3) is 5.52 Å². The fraction of sp³-hybridized carbons (Fsp3) is 0.583. The molecule has 0 bridgehead atoms. The van der Waals surface area contributed by atoms with Crippen LogP contribution in [-0.4, -0.2) is 42.6 Å². The van der Waals surface area contributed by atoms with Gasteiger partial charge in [0.15, 0.2) is 5.82 Å². The summed E-state index contributed by atoms with van der Waals surface area (Å²) in [5, 5.41) is 4.73. The van der Waals surface area contributed by atoms with Crippen LogP contribution in [0.3, 0.4) is 0 Å². The summed E-state index contributed by atoms with van der Waals surface area (Å²) >= 11 is 0. The van der Waals surface area contributed by atoms with E-state index in [9.17, 15) is 0 Å². The normalized spacial score (nSPS) is 15.0. The molecule has 0 fully saturated rings. The third-order valence-corrected chi connectivity index (χ3v) is 5.92. The molecular formula is C24H34N6. The molecule has 160 valence electrons. The Morgan fingerprint density at radius 3 is 2.40 bits per heavy atom. The SMILES string of the molecule is CC(C)c1nc2c(c(C(C)C)n1)CCN(CCc1nc(C(C)C)c3cccn3n1)C2. The van der Waals surface area contributed by atoms with Gasteiger partial charge in [-0.1, -0.05) is 41.5 Å². The van der Waals surface area contributed by atoms with Crippen LogP contribution in [0.4, 0.5) is 0 Å². The zero-order valence-electron chi connectivity index (χ0n) is 19.2. The Morgan fingerprint density at radius 2 is 1.70 bits per heavy atom. The lowest BCUT2D eigenvalue weighted by Crippen LogP contribution is -2.34. The first-order valence-corrected chi connectivity index (χ1v) is 11.3. The lowest BCUT2D eigenvalue weighted by molar-refractivity contribution is 0.249. The van der Waals surface area contributed by atoms with Gasteiger partial charge in [-0.2, -0.15) is 5.10 Å². The third-order valence-electron chi connectivity index (χ3n) is 5.92. The van der Waals surface area contributed by atoms with Gasteiger partial charge < -0.3 is 0 Å². The largest absolute Gasteiger partial charge is 0.297 e. The van der Waals surface area contributed by atoms with Gasteiger partial charge in [0, 0.05) is 38.2 Å². The quantitative estimate of drug-likeness (QED) is 0.604. The van der Waals surface area contributed by atoms with Crippen molar-refractivity contribution < 1.29 is 0 Å². The third kappa shape index (κ3) is 4.10. The number of fused-ring (bicyclic) bond motifs is 2. The van der Waals surface area contributed by atoms with E-state index in [0.717, 1.165) is 55.3 Å². The van der Waals surface area contributed by atoms with E-state index in [1.165, 1.54) is 17.0 Å². The Labute approximate surface area is 179 Å². The van der Waals surface area contributed by atoms with Crippen LogP contribution >= 0.6 is 0 Å². The second-order valence-corrected chi connectivity index (χ2v) is 9.38. The molecule has 0 amide bonds. The van der Waals surface area contributed by atoms with Crippen molar-refractivity contribution in [1.29, 1.82) is 0 Å². The fourth-order valence-electron chi connectivity index (χ4n) is 4.25. The highest BCUT2D eigenvalue weighted by Gasteiger charge is 2.24. The van der Waals surface area contributed by atoms with Crippen LogP contribution in [-0.2, 0) is 19.4 Å². The monoisotopic (exact) mass is 406 g/mol. The summed E-state index contributed by atoms with van der Waals surface area (Å²) in [7, 11) is 0. The van der Waals surface area contributed by atoms with E-state index in [1.54, 1.807) is 0 Å². The summed E-state index contributed by atoms with van der Waals surface area (Å²) in [5.41, 5.74) is 6.07. The summed E-state index contributed by atoms with van der Waals surface area (Å²) in [4.78, 5) is 17.2. The Kier molecular flexibility index (Phi) is 5.87. The zero-order valence-corrected chi connectivity index (χ0v) is 19.2. The highest BCUT2D eigenvalue weighted by atomic mass is 15.2. The van der Waals surface area contributed by atoms with Gasteiger partial charge in [0.1, 0.15) is 5.82 Å². The number of aromatic nitrogens is 5. The fourth-order valence-corrected chi connectivity index (χ4v) is 4.25. The molecule has 3 aromatic heterocycles. The number of hydrogen-bond acceptors (Lipinski definition) is 5. The lowest BCUT2D eigenvalue weighted by atomic mass is 9.96. The molecule has 0 spiro atoms. The predicted molar refractivity (Wildman–Crippen MR) is 120 cm³/mol. The molecule has 1 aliphatic heterocycles. The average Bonchev–Trinajstić information content (AvgIpc) is 3.18. The van der Waals surface area contributed by atoms with E-state index in [2.05, 4.69) is 52.5 Å². The van der Waals surface area contributed by atoms with E-state index >= 15 is 0 Å². The lowest BCUT2D eigenvalue weighted by Gasteiger charge is -2.30. The Morgan fingerprint density at radius 1 is 0.933 bits per heavy atom. The molecule has 3 aromatic rings. The van der Waals surface area contributed by atoms with Gasteiger partial charge in [0.2, 0.25) is 0 Å². The van der Waals surface area contributed by atoms with Gasteiger partial charge in [-0.3, -0.25) is 4.90 Å². The van der Waals surface area contributed by atoms with Crippen molar-refractivity contribution >= 4 is 5.52 Å². The summed E-state index contributed by atoms with van der Waals surface area (Å²) in [6.45, 7) is 16.1. The molecule has 0 unspecified atom stereocenters. The molecular weight excluding hydrogens is 372 g/mol. The molecule has 0 saturated heterocycles. The van der Waals surface area contributed by atoms with Crippen molar-refractivity contribution in [2.45, 2.75) is 78.7 Å². The van der Waals surface area contributed by atoms with Gasteiger partial charge in [0.05, 0.1) is 22.6 Å². The molecule has 30 heavy (non-hydrogen) atoms. The van der Waals surface area contributed by atoms with E-state index in [-0.39, 0.29) is 0 Å². The standard InChI is InChI=1S/C24H34N6/c1-15(2)22-18-9-12-29(14-19(18)25-24(27-22)17(5)6)13-10-21-26-23(16(3)4)20-8-7-11-30(20)28-21/h7-8,11,15-17H,9-10,12-14H2,1-6H3. The zero-order chi connectivity index (χ0) is 21.4. The maximum absolute atomic E-state index is 4.94. The van der Waals surface area contributed by atoms with E-state index in [1.807, 2.05) is 16.8 Å². The first-order valence-electron chi connectivity index (χ1n) is 11.3. The minimum Gasteiger partial charge on any atom is -0.297 e. The minimum absolute atomic E-state index is 0.347. The van der Waals surface area contributed by atoms with Crippen molar-refractivity contribution in [3.63, 3.8) is 0 Å². The Bertz CT molecular complexity index is 1030. The molecule has 1 aliphatic rings. The average molecular weight is 407 g/mol. The Balaban J connectivity index is 1.53. The second-order valence-electron chi connectivity index (χ2n) is 9.38. The second kappa shape index (κ2) is 8.42. The smallest absolute Gasteiger partial charge is 0.150 e. The van der Waals surface area contributed by atoms with Crippen molar-refractivity contribution in [1.82, 2.24) is 29.5 Å². The van der Waals surface area contributed by atoms with Crippen molar-refractivity contribution in [3.8, 4) is 0 Å². The maximum Gasteiger partial charge on any atom is 0.150 e. The molecule has 6 heteroatoms. The van der Waals surface area contributed by atoms with Crippen LogP contribution in [0, 0.1) is 0 Å². The molecule has 0 atom stereocenters. The van der Waals surface area contributed by atoms with Gasteiger partial charge >= 0.3 is 0 Å². The van der Waals surface area contributed by atoms with Gasteiger partial charge in [0.25, 0.3) is 0 Å². The first-order chi connectivity index (χ1) is 14.3. The topological polar surface area (TPSA) is 59.2 Å². The first kappa shape index (κ1) is 20.9. The van der Waals surface area contributed by atoms with Crippen LogP contribution in [0.15, 0.2) is 18.3 Å². The number of hydrogen-bond donors (Lipinski definition) is 0. The highest BCUT2D eigenvalue weighted by molar-refractivity contribution is 5.52. The number of nitrogens with zero attached hydrogens (tertiary/aromatic N) is 6. The van der Waals surface area contributed by atoms with Crippen LogP contribution in [0.5, 0.6) is 0 Å². The summed E-state index contributed by atoms with van der Waals surface area (Å²) in [6, 6.07) is 4.14. The highest BCUT2D eigenvalue weighted by Crippen LogP contribution is 2.27. The molecule has 0 radical (unpaired) electrons. The van der Waals surface area contributed by atoms with Crippen LogP contribution in [0.1, 0.15) is 93.6 Å². The van der Waals surface area contributed by atoms with Gasteiger partial charge in [-0.15, -0.1) is 0 Å². The van der Waals surface area contributed by atoms with E-state index in [0.29, 0.717) is 17.8 Å². The molecule has 0 saturated carbocycles. The van der Waals surface area contributed by atoms with Gasteiger partial charge in [-0.05, 0) is 36.0 Å². The van der Waals surface area contributed by atoms with Crippen LogP contribution in [0.2, 0.25) is 0 Å². The molecule has 6 nitrogen and oxygen atoms in total. The molecule has 4 heterocycles. The molecule has 0 aromatic carbocycles. The van der Waals surface area contributed by atoms with Crippen LogP contribution < -0.4 is 0 Å². The Hall–Kier alpha value is -2.34. The minimum atomic E-state index is 0.347. The predicted octanol–water partition coefficient (Wildman–Crippen LogP) is 4.49. The summed E-state index contributed by atoms with van der Waals surface area (Å²) in [5.74, 6) is 3.05. The van der Waals surface area contributed by atoms with E-state index < -0.39 is 0 Å². The molecule has 4 rings (SSSR count). The van der Waals surface area contributed by atoms with E-state index in [4.69, 9.17) is 20.1 Å². The molecule has 0 aliphatic carbocycles.